The summed E-state index contributed by atoms with van der Waals surface area (Å²) in [6.07, 6.45) is 1.62. The van der Waals surface area contributed by atoms with Gasteiger partial charge in [-0.1, -0.05) is 0 Å². The summed E-state index contributed by atoms with van der Waals surface area (Å²) in [4.78, 5) is 2.28. The number of aromatic nitrogens is 1. The first kappa shape index (κ1) is 18.1. The molecule has 0 spiro atoms. The van der Waals surface area contributed by atoms with Gasteiger partial charge in [0.05, 0.1) is 11.5 Å². The van der Waals surface area contributed by atoms with Crippen LogP contribution in [0.5, 0.6) is 0 Å². The van der Waals surface area contributed by atoms with Crippen LogP contribution in [-0.4, -0.2) is 58.3 Å². The molecule has 21 heavy (non-hydrogen) atoms. The number of rotatable bonds is 10. The molecule has 7 nitrogen and oxygen atoms in total. The van der Waals surface area contributed by atoms with E-state index in [0.29, 0.717) is 32.8 Å². The monoisotopic (exact) mass is 318 g/mol. The zero-order chi connectivity index (χ0) is 15.9. The van der Waals surface area contributed by atoms with Gasteiger partial charge in [-0.3, -0.25) is 0 Å². The highest BCUT2D eigenvalue weighted by molar-refractivity contribution is 7.89. The van der Waals surface area contributed by atoms with Gasteiger partial charge in [0.1, 0.15) is 0 Å². The van der Waals surface area contributed by atoms with Gasteiger partial charge in [0.25, 0.3) is 0 Å². The lowest BCUT2D eigenvalue weighted by atomic mass is 10.4. The molecule has 0 bridgehead atoms. The smallest absolute Gasteiger partial charge is 0.242 e. The molecule has 0 atom stereocenters. The van der Waals surface area contributed by atoms with Gasteiger partial charge in [-0.25, -0.2) is 13.1 Å². The van der Waals surface area contributed by atoms with Gasteiger partial charge < -0.3 is 19.9 Å². The Morgan fingerprint density at radius 1 is 1.43 bits per heavy atom. The van der Waals surface area contributed by atoms with Crippen LogP contribution in [0, 0.1) is 0 Å². The van der Waals surface area contributed by atoms with Crippen LogP contribution in [0.4, 0.5) is 0 Å². The largest absolute Gasteiger partial charge is 0.383 e. The van der Waals surface area contributed by atoms with E-state index < -0.39 is 10.0 Å². The Bertz CT molecular complexity index is 506. The van der Waals surface area contributed by atoms with Gasteiger partial charge in [-0.2, -0.15) is 0 Å². The maximum Gasteiger partial charge on any atom is 0.242 e. The number of aryl methyl sites for hydroxylation is 1. The summed E-state index contributed by atoms with van der Waals surface area (Å²) >= 11 is 0. The maximum atomic E-state index is 12.2. The molecule has 122 valence electrons. The quantitative estimate of drug-likeness (QED) is 0.625. The molecular formula is C13H26N4O3S. The molecule has 1 aromatic rings. The second-order valence-electron chi connectivity index (χ2n) is 4.85. The first-order valence-electron chi connectivity index (χ1n) is 7.00. The van der Waals surface area contributed by atoms with Crippen molar-refractivity contribution in [3.05, 3.63) is 18.0 Å². The fraction of sp³-hybridized carbons (Fsp3) is 0.692. The Kier molecular flexibility index (Phi) is 7.33. The molecule has 1 heterocycles. The standard InChI is InChI=1S/C13H26N4O3S/c1-4-17-11-13(9-12(17)10-14)21(18,19)15-5-6-16(2)7-8-20-3/h9,11,15H,4-8,10,14H2,1-3H3. The van der Waals surface area contributed by atoms with Crippen LogP contribution >= 0.6 is 0 Å². The van der Waals surface area contributed by atoms with Gasteiger partial charge in [0.2, 0.25) is 10.0 Å². The minimum atomic E-state index is -3.48. The van der Waals surface area contributed by atoms with Crippen LogP contribution in [0.25, 0.3) is 0 Å². The minimum Gasteiger partial charge on any atom is -0.383 e. The molecule has 1 rings (SSSR count). The predicted molar refractivity (Wildman–Crippen MR) is 82.6 cm³/mol. The van der Waals surface area contributed by atoms with Crippen molar-refractivity contribution in [2.75, 3.05) is 40.4 Å². The lowest BCUT2D eigenvalue weighted by Crippen LogP contribution is -2.34. The van der Waals surface area contributed by atoms with E-state index in [0.717, 1.165) is 12.2 Å². The van der Waals surface area contributed by atoms with Crippen LogP contribution < -0.4 is 10.5 Å². The molecule has 8 heteroatoms. The van der Waals surface area contributed by atoms with E-state index in [1.807, 2.05) is 23.4 Å². The van der Waals surface area contributed by atoms with E-state index in [1.165, 1.54) is 0 Å². The Morgan fingerprint density at radius 3 is 2.67 bits per heavy atom. The van der Waals surface area contributed by atoms with E-state index in [2.05, 4.69) is 4.72 Å². The topological polar surface area (TPSA) is 89.6 Å². The molecule has 0 fully saturated rings. The molecule has 0 unspecified atom stereocenters. The van der Waals surface area contributed by atoms with Crippen molar-refractivity contribution in [2.24, 2.45) is 5.73 Å². The van der Waals surface area contributed by atoms with E-state index in [-0.39, 0.29) is 4.90 Å². The lowest BCUT2D eigenvalue weighted by Gasteiger charge is -2.15. The van der Waals surface area contributed by atoms with Crippen molar-refractivity contribution < 1.29 is 13.2 Å². The third-order valence-corrected chi connectivity index (χ3v) is 4.71. The second kappa shape index (κ2) is 8.50. The number of nitrogens with one attached hydrogen (secondary N) is 1. The predicted octanol–water partition coefficient (Wildman–Crippen LogP) is -0.177. The fourth-order valence-electron chi connectivity index (χ4n) is 1.95. The number of likely N-dealkylation sites (N-methyl/N-ethyl adjacent to an activating group) is 1. The summed E-state index contributed by atoms with van der Waals surface area (Å²) in [6.45, 7) is 5.35. The van der Waals surface area contributed by atoms with Crippen molar-refractivity contribution >= 4 is 10.0 Å². The zero-order valence-corrected chi connectivity index (χ0v) is 13.8. The highest BCUT2D eigenvalue weighted by Crippen LogP contribution is 2.14. The van der Waals surface area contributed by atoms with Gasteiger partial charge in [-0.05, 0) is 20.0 Å². The van der Waals surface area contributed by atoms with Gasteiger partial charge in [0.15, 0.2) is 0 Å². The van der Waals surface area contributed by atoms with Crippen molar-refractivity contribution in [3.63, 3.8) is 0 Å². The van der Waals surface area contributed by atoms with E-state index in [1.54, 1.807) is 19.4 Å². The average molecular weight is 318 g/mol. The molecule has 0 saturated carbocycles. The van der Waals surface area contributed by atoms with Crippen LogP contribution in [0.2, 0.25) is 0 Å². The lowest BCUT2D eigenvalue weighted by molar-refractivity contribution is 0.162. The highest BCUT2D eigenvalue weighted by Gasteiger charge is 2.17. The Hall–Kier alpha value is -0.930. The number of hydrogen-bond donors (Lipinski definition) is 2. The number of sulfonamides is 1. The number of methoxy groups -OCH3 is 1. The summed E-state index contributed by atoms with van der Waals surface area (Å²) in [5.74, 6) is 0. The van der Waals surface area contributed by atoms with E-state index in [9.17, 15) is 8.42 Å². The van der Waals surface area contributed by atoms with Crippen LogP contribution in [0.1, 0.15) is 12.6 Å². The SMILES string of the molecule is CCn1cc(S(=O)(=O)NCCN(C)CCOC)cc1CN. The number of hydrogen-bond acceptors (Lipinski definition) is 5. The van der Waals surface area contributed by atoms with Crippen molar-refractivity contribution in [2.45, 2.75) is 24.9 Å². The van der Waals surface area contributed by atoms with E-state index in [4.69, 9.17) is 10.5 Å². The average Bonchev–Trinajstić information content (AvgIpc) is 2.89. The van der Waals surface area contributed by atoms with Crippen molar-refractivity contribution in [1.82, 2.24) is 14.2 Å². The summed E-state index contributed by atoms with van der Waals surface area (Å²) in [6, 6.07) is 1.63. The van der Waals surface area contributed by atoms with Crippen LogP contribution in [0.15, 0.2) is 17.2 Å². The Balaban J connectivity index is 2.59. The fourth-order valence-corrected chi connectivity index (χ4v) is 3.04. The molecular weight excluding hydrogens is 292 g/mol. The van der Waals surface area contributed by atoms with Crippen LogP contribution in [-0.2, 0) is 27.8 Å². The van der Waals surface area contributed by atoms with Crippen molar-refractivity contribution in [1.29, 1.82) is 0 Å². The molecule has 0 saturated heterocycles. The molecule has 3 N–H and O–H groups in total. The molecule has 0 aliphatic carbocycles. The third kappa shape index (κ3) is 5.40. The maximum absolute atomic E-state index is 12.2. The van der Waals surface area contributed by atoms with Gasteiger partial charge >= 0.3 is 0 Å². The molecule has 0 aromatic carbocycles. The highest BCUT2D eigenvalue weighted by atomic mass is 32.2. The molecule has 0 radical (unpaired) electrons. The Labute approximate surface area is 127 Å². The number of ether oxygens (including phenoxy) is 1. The normalized spacial score (nSPS) is 12.2. The van der Waals surface area contributed by atoms with Crippen molar-refractivity contribution in [3.8, 4) is 0 Å². The first-order chi connectivity index (χ1) is 9.94. The van der Waals surface area contributed by atoms with E-state index >= 15 is 0 Å². The number of nitrogens with zero attached hydrogens (tertiary/aromatic N) is 2. The van der Waals surface area contributed by atoms with Gasteiger partial charge in [0, 0.05) is 51.7 Å². The Morgan fingerprint density at radius 2 is 2.14 bits per heavy atom. The minimum absolute atomic E-state index is 0.268. The summed E-state index contributed by atoms with van der Waals surface area (Å²) < 4.78 is 33.9. The first-order valence-corrected chi connectivity index (χ1v) is 8.49. The molecule has 0 aliphatic heterocycles. The van der Waals surface area contributed by atoms with Gasteiger partial charge in [-0.15, -0.1) is 0 Å². The molecule has 0 aliphatic rings. The summed E-state index contributed by atoms with van der Waals surface area (Å²) in [5, 5.41) is 0. The number of nitrogens with two attached hydrogens (primary N) is 1. The second-order valence-corrected chi connectivity index (χ2v) is 6.62. The van der Waals surface area contributed by atoms with Crippen LogP contribution in [0.3, 0.4) is 0 Å². The third-order valence-electron chi connectivity index (χ3n) is 3.28. The molecule has 1 aromatic heterocycles. The zero-order valence-electron chi connectivity index (χ0n) is 13.0. The molecule has 0 amide bonds. The summed E-state index contributed by atoms with van der Waals surface area (Å²) in [7, 11) is 0.0842. The summed E-state index contributed by atoms with van der Waals surface area (Å²) in [5.41, 5.74) is 6.43.